The van der Waals surface area contributed by atoms with Crippen LogP contribution in [0.25, 0.3) is 0 Å². The molecule has 0 atom stereocenters. The van der Waals surface area contributed by atoms with E-state index in [4.69, 9.17) is 0 Å². The summed E-state index contributed by atoms with van der Waals surface area (Å²) in [6.45, 7) is 2.13. The van der Waals surface area contributed by atoms with Gasteiger partial charge in [0.1, 0.15) is 12.4 Å². The molecule has 0 unspecified atom stereocenters. The number of benzene rings is 1. The molecule has 0 saturated carbocycles. The van der Waals surface area contributed by atoms with Crippen LogP contribution in [0, 0.1) is 10.1 Å². The van der Waals surface area contributed by atoms with Gasteiger partial charge in [0.25, 0.3) is 0 Å². The topological polar surface area (TPSA) is 119 Å². The number of aryl methyl sites for hydroxylation is 1. The number of amides is 2. The maximum Gasteiger partial charge on any atom is 0.306 e. The molecule has 126 valence electrons. The van der Waals surface area contributed by atoms with Crippen molar-refractivity contribution in [1.29, 1.82) is 0 Å². The van der Waals surface area contributed by atoms with Crippen LogP contribution in [-0.4, -0.2) is 26.5 Å². The molecule has 0 bridgehead atoms. The SMILES string of the molecule is CC(=O)NCc1ccc(NC(=O)CCn2cc([N+](=O)[O-])cn2)cc1. The minimum Gasteiger partial charge on any atom is -0.352 e. The summed E-state index contributed by atoms with van der Waals surface area (Å²) in [6, 6.07) is 7.10. The molecule has 2 N–H and O–H groups in total. The van der Waals surface area contributed by atoms with Crippen LogP contribution >= 0.6 is 0 Å². The monoisotopic (exact) mass is 331 g/mol. The normalized spacial score (nSPS) is 10.2. The molecular formula is C15H17N5O4. The lowest BCUT2D eigenvalue weighted by molar-refractivity contribution is -0.385. The molecule has 24 heavy (non-hydrogen) atoms. The van der Waals surface area contributed by atoms with Gasteiger partial charge in [-0.2, -0.15) is 5.10 Å². The second-order valence-corrected chi connectivity index (χ2v) is 5.12. The van der Waals surface area contributed by atoms with E-state index in [1.54, 1.807) is 12.1 Å². The van der Waals surface area contributed by atoms with E-state index in [0.29, 0.717) is 12.2 Å². The van der Waals surface area contributed by atoms with Crippen LogP contribution in [0.15, 0.2) is 36.7 Å². The average molecular weight is 331 g/mol. The summed E-state index contributed by atoms with van der Waals surface area (Å²) >= 11 is 0. The van der Waals surface area contributed by atoms with Gasteiger partial charge in [-0.1, -0.05) is 12.1 Å². The largest absolute Gasteiger partial charge is 0.352 e. The Morgan fingerprint density at radius 2 is 2.00 bits per heavy atom. The van der Waals surface area contributed by atoms with Crippen LogP contribution in [0.5, 0.6) is 0 Å². The first-order valence-electron chi connectivity index (χ1n) is 7.24. The van der Waals surface area contributed by atoms with Gasteiger partial charge in [0.15, 0.2) is 0 Å². The number of nitro groups is 1. The lowest BCUT2D eigenvalue weighted by atomic mass is 10.2. The second-order valence-electron chi connectivity index (χ2n) is 5.12. The maximum absolute atomic E-state index is 11.9. The van der Waals surface area contributed by atoms with Crippen molar-refractivity contribution in [3.8, 4) is 0 Å². The van der Waals surface area contributed by atoms with Crippen LogP contribution in [0.1, 0.15) is 18.9 Å². The molecule has 0 spiro atoms. The molecule has 9 nitrogen and oxygen atoms in total. The minimum absolute atomic E-state index is 0.105. The molecule has 2 aromatic rings. The fraction of sp³-hybridized carbons (Fsp3) is 0.267. The third-order valence-corrected chi connectivity index (χ3v) is 3.18. The van der Waals surface area contributed by atoms with Gasteiger partial charge in [-0.3, -0.25) is 24.4 Å². The van der Waals surface area contributed by atoms with E-state index in [-0.39, 0.29) is 30.5 Å². The van der Waals surface area contributed by atoms with Gasteiger partial charge in [-0.25, -0.2) is 0 Å². The summed E-state index contributed by atoms with van der Waals surface area (Å²) in [5.41, 5.74) is 1.45. The summed E-state index contributed by atoms with van der Waals surface area (Å²) < 4.78 is 1.36. The molecule has 2 rings (SSSR count). The number of rotatable bonds is 7. The fourth-order valence-electron chi connectivity index (χ4n) is 1.94. The molecular weight excluding hydrogens is 314 g/mol. The zero-order valence-corrected chi connectivity index (χ0v) is 13.1. The van der Waals surface area contributed by atoms with Gasteiger partial charge in [-0.05, 0) is 17.7 Å². The summed E-state index contributed by atoms with van der Waals surface area (Å²) in [4.78, 5) is 32.7. The van der Waals surface area contributed by atoms with Crippen LogP contribution < -0.4 is 10.6 Å². The minimum atomic E-state index is -0.536. The Balaban J connectivity index is 1.81. The number of hydrogen-bond donors (Lipinski definition) is 2. The molecule has 1 aromatic carbocycles. The summed E-state index contributed by atoms with van der Waals surface area (Å²) in [7, 11) is 0. The Bertz CT molecular complexity index is 739. The Labute approximate surface area is 137 Å². The molecule has 0 saturated heterocycles. The van der Waals surface area contributed by atoms with E-state index in [9.17, 15) is 19.7 Å². The van der Waals surface area contributed by atoms with Crippen molar-refractivity contribution >= 4 is 23.2 Å². The van der Waals surface area contributed by atoms with Crippen molar-refractivity contribution in [2.24, 2.45) is 0 Å². The molecule has 1 heterocycles. The van der Waals surface area contributed by atoms with Gasteiger partial charge >= 0.3 is 5.69 Å². The van der Waals surface area contributed by atoms with Gasteiger partial charge < -0.3 is 10.6 Å². The van der Waals surface area contributed by atoms with Crippen LogP contribution in [0.4, 0.5) is 11.4 Å². The number of hydrogen-bond acceptors (Lipinski definition) is 5. The molecule has 2 amide bonds. The van der Waals surface area contributed by atoms with Gasteiger partial charge in [0, 0.05) is 32.1 Å². The molecule has 0 fully saturated rings. The van der Waals surface area contributed by atoms with Crippen molar-refractivity contribution in [3.63, 3.8) is 0 Å². The third kappa shape index (κ3) is 5.20. The highest BCUT2D eigenvalue weighted by atomic mass is 16.6. The van der Waals surface area contributed by atoms with E-state index in [2.05, 4.69) is 15.7 Å². The van der Waals surface area contributed by atoms with Crippen LogP contribution in [0.3, 0.4) is 0 Å². The predicted octanol–water partition coefficient (Wildman–Crippen LogP) is 1.46. The average Bonchev–Trinajstić information content (AvgIpc) is 3.01. The standard InChI is InChI=1S/C15H17N5O4/c1-11(21)16-8-12-2-4-13(5-3-12)18-15(22)6-7-19-10-14(9-17-19)20(23)24/h2-5,9-10H,6-8H2,1H3,(H,16,21)(H,18,22). The highest BCUT2D eigenvalue weighted by Gasteiger charge is 2.10. The number of carbonyl (C=O) groups is 2. The molecule has 0 radical (unpaired) electrons. The molecule has 0 aliphatic rings. The Morgan fingerprint density at radius 3 is 2.58 bits per heavy atom. The zero-order chi connectivity index (χ0) is 17.5. The molecule has 1 aromatic heterocycles. The highest BCUT2D eigenvalue weighted by Crippen LogP contribution is 2.11. The van der Waals surface area contributed by atoms with E-state index in [0.717, 1.165) is 11.8 Å². The summed E-state index contributed by atoms with van der Waals surface area (Å²) in [5, 5.41) is 19.8. The first-order chi connectivity index (χ1) is 11.4. The number of aromatic nitrogens is 2. The summed E-state index contributed by atoms with van der Waals surface area (Å²) in [6.07, 6.45) is 2.57. The smallest absolute Gasteiger partial charge is 0.306 e. The van der Waals surface area contributed by atoms with Gasteiger partial charge in [0.2, 0.25) is 11.8 Å². The first kappa shape index (κ1) is 17.1. The Morgan fingerprint density at radius 1 is 1.29 bits per heavy atom. The van der Waals surface area contributed by atoms with E-state index >= 15 is 0 Å². The van der Waals surface area contributed by atoms with E-state index in [1.165, 1.54) is 17.8 Å². The van der Waals surface area contributed by atoms with Gasteiger partial charge in [-0.15, -0.1) is 0 Å². The van der Waals surface area contributed by atoms with Crippen molar-refractivity contribution < 1.29 is 14.5 Å². The van der Waals surface area contributed by atoms with Crippen LogP contribution in [-0.2, 0) is 22.7 Å². The zero-order valence-electron chi connectivity index (χ0n) is 13.1. The molecule has 0 aliphatic heterocycles. The lowest BCUT2D eigenvalue weighted by Crippen LogP contribution is -2.19. The lowest BCUT2D eigenvalue weighted by Gasteiger charge is -2.07. The van der Waals surface area contributed by atoms with Crippen molar-refractivity contribution in [1.82, 2.24) is 15.1 Å². The number of nitrogens with zero attached hydrogens (tertiary/aromatic N) is 3. The molecule has 9 heteroatoms. The molecule has 0 aliphatic carbocycles. The van der Waals surface area contributed by atoms with Gasteiger partial charge in [0.05, 0.1) is 4.92 Å². The second kappa shape index (κ2) is 7.86. The predicted molar refractivity (Wildman–Crippen MR) is 86.1 cm³/mol. The number of carbonyl (C=O) groups excluding carboxylic acids is 2. The van der Waals surface area contributed by atoms with Crippen molar-refractivity contribution in [3.05, 3.63) is 52.3 Å². The first-order valence-corrected chi connectivity index (χ1v) is 7.24. The maximum atomic E-state index is 11.9. The third-order valence-electron chi connectivity index (χ3n) is 3.18. The quantitative estimate of drug-likeness (QED) is 0.588. The summed E-state index contributed by atoms with van der Waals surface area (Å²) in [5.74, 6) is -0.325. The van der Waals surface area contributed by atoms with E-state index < -0.39 is 4.92 Å². The Kier molecular flexibility index (Phi) is 5.61. The fourth-order valence-corrected chi connectivity index (χ4v) is 1.94. The number of anilines is 1. The van der Waals surface area contributed by atoms with Crippen LogP contribution in [0.2, 0.25) is 0 Å². The highest BCUT2D eigenvalue weighted by molar-refractivity contribution is 5.90. The number of nitrogens with one attached hydrogen (secondary N) is 2. The van der Waals surface area contributed by atoms with Crippen molar-refractivity contribution in [2.75, 3.05) is 5.32 Å². The Hall–Kier alpha value is -3.23. The van der Waals surface area contributed by atoms with E-state index in [1.807, 2.05) is 12.1 Å². The van der Waals surface area contributed by atoms with Crippen molar-refractivity contribution in [2.45, 2.75) is 26.4 Å².